The van der Waals surface area contributed by atoms with E-state index in [9.17, 15) is 13.2 Å². The summed E-state index contributed by atoms with van der Waals surface area (Å²) in [6, 6.07) is 0.522. The van der Waals surface area contributed by atoms with Crippen LogP contribution in [-0.4, -0.2) is 41.1 Å². The van der Waals surface area contributed by atoms with Crippen LogP contribution in [-0.2, 0) is 6.18 Å². The first-order chi connectivity index (χ1) is 13.9. The Kier molecular flexibility index (Phi) is 4.84. The number of nitrogens with zero attached hydrogens (tertiary/aromatic N) is 7. The average Bonchev–Trinajstić information content (AvgIpc) is 3.26. The second-order valence-corrected chi connectivity index (χ2v) is 6.85. The van der Waals surface area contributed by atoms with Crippen molar-refractivity contribution in [1.29, 1.82) is 0 Å². The number of nitrogens with one attached hydrogen (secondary N) is 2. The number of aromatic nitrogens is 7. The summed E-state index contributed by atoms with van der Waals surface area (Å²) in [5, 5.41) is 14.2. The molecule has 1 aliphatic rings. The zero-order chi connectivity index (χ0) is 20.6. The summed E-state index contributed by atoms with van der Waals surface area (Å²) in [7, 11) is 0. The van der Waals surface area contributed by atoms with Crippen LogP contribution in [0.15, 0.2) is 25.0 Å². The minimum absolute atomic E-state index is 0.0747. The molecule has 0 unspecified atom stereocenters. The molecule has 1 aliphatic carbocycles. The Morgan fingerprint density at radius 1 is 1.17 bits per heavy atom. The highest BCUT2D eigenvalue weighted by molar-refractivity contribution is 5.58. The van der Waals surface area contributed by atoms with Gasteiger partial charge >= 0.3 is 6.18 Å². The molecule has 0 saturated heterocycles. The largest absolute Gasteiger partial charge is 0.421 e. The highest BCUT2D eigenvalue weighted by Crippen LogP contribution is 2.42. The Hall–Kier alpha value is -3.18. The summed E-state index contributed by atoms with van der Waals surface area (Å²) in [5.41, 5.74) is 0.614. The summed E-state index contributed by atoms with van der Waals surface area (Å²) < 4.78 is 43.1. The molecule has 2 N–H and O–H groups in total. The number of hydrogen-bond donors (Lipinski definition) is 2. The first-order valence-corrected chi connectivity index (χ1v) is 9.20. The summed E-state index contributed by atoms with van der Waals surface area (Å²) in [4.78, 5) is 11.8. The zero-order valence-corrected chi connectivity index (χ0v) is 15.8. The van der Waals surface area contributed by atoms with Gasteiger partial charge in [0.1, 0.15) is 24.0 Å². The van der Waals surface area contributed by atoms with Crippen molar-refractivity contribution in [3.8, 4) is 0 Å². The van der Waals surface area contributed by atoms with Gasteiger partial charge in [0.15, 0.2) is 0 Å². The lowest BCUT2D eigenvalue weighted by Crippen LogP contribution is -2.30. The summed E-state index contributed by atoms with van der Waals surface area (Å²) in [5.74, 6) is -0.178. The SMILES string of the molecule is CCNc1nc(Nc2cnn(C3CC(n4cncn4)C3)c2C)ncc1C(F)(F)F. The molecule has 1 saturated carbocycles. The third-order valence-electron chi connectivity index (χ3n) is 4.97. The zero-order valence-electron chi connectivity index (χ0n) is 15.8. The molecule has 12 heteroatoms. The predicted octanol–water partition coefficient (Wildman–Crippen LogP) is 3.34. The van der Waals surface area contributed by atoms with Gasteiger partial charge in [-0.05, 0) is 26.7 Å². The van der Waals surface area contributed by atoms with Crippen molar-refractivity contribution in [3.63, 3.8) is 0 Å². The molecule has 3 heterocycles. The van der Waals surface area contributed by atoms with Crippen LogP contribution in [0.4, 0.5) is 30.6 Å². The third kappa shape index (κ3) is 3.74. The van der Waals surface area contributed by atoms with E-state index in [2.05, 4.69) is 35.8 Å². The number of halogens is 3. The van der Waals surface area contributed by atoms with E-state index < -0.39 is 11.7 Å². The normalized spacial score (nSPS) is 19.1. The second-order valence-electron chi connectivity index (χ2n) is 6.85. The molecular weight excluding hydrogens is 387 g/mol. The van der Waals surface area contributed by atoms with Crippen LogP contribution >= 0.6 is 0 Å². The molecule has 0 atom stereocenters. The second kappa shape index (κ2) is 7.33. The highest BCUT2D eigenvalue weighted by Gasteiger charge is 2.36. The van der Waals surface area contributed by atoms with Crippen molar-refractivity contribution in [2.45, 2.75) is 44.9 Å². The maximum atomic E-state index is 13.1. The monoisotopic (exact) mass is 407 g/mol. The van der Waals surface area contributed by atoms with Crippen LogP contribution in [0.2, 0.25) is 0 Å². The van der Waals surface area contributed by atoms with Crippen molar-refractivity contribution in [2.75, 3.05) is 17.2 Å². The van der Waals surface area contributed by atoms with E-state index in [0.717, 1.165) is 24.7 Å². The highest BCUT2D eigenvalue weighted by atomic mass is 19.4. The molecule has 0 radical (unpaired) electrons. The van der Waals surface area contributed by atoms with Crippen LogP contribution in [0.5, 0.6) is 0 Å². The van der Waals surface area contributed by atoms with Gasteiger partial charge in [-0.15, -0.1) is 0 Å². The molecule has 0 bridgehead atoms. The van der Waals surface area contributed by atoms with Gasteiger partial charge in [-0.2, -0.15) is 28.4 Å². The molecule has 0 spiro atoms. The van der Waals surface area contributed by atoms with Gasteiger partial charge in [0.2, 0.25) is 5.95 Å². The molecule has 3 aromatic heterocycles. The van der Waals surface area contributed by atoms with E-state index in [-0.39, 0.29) is 17.8 Å². The van der Waals surface area contributed by atoms with Crippen LogP contribution in [0.25, 0.3) is 0 Å². The van der Waals surface area contributed by atoms with Crippen molar-refractivity contribution in [3.05, 3.63) is 36.3 Å². The van der Waals surface area contributed by atoms with Gasteiger partial charge in [0.05, 0.1) is 29.7 Å². The van der Waals surface area contributed by atoms with Gasteiger partial charge in [-0.3, -0.25) is 4.68 Å². The maximum absolute atomic E-state index is 13.1. The number of anilines is 3. The fourth-order valence-electron chi connectivity index (χ4n) is 3.37. The van der Waals surface area contributed by atoms with Crippen LogP contribution in [0, 0.1) is 6.92 Å². The first kappa shape index (κ1) is 19.2. The molecule has 0 aromatic carbocycles. The smallest absolute Gasteiger partial charge is 0.370 e. The average molecular weight is 407 g/mol. The van der Waals surface area contributed by atoms with Crippen LogP contribution in [0.1, 0.15) is 43.1 Å². The minimum Gasteiger partial charge on any atom is -0.370 e. The van der Waals surface area contributed by atoms with Gasteiger partial charge in [0.25, 0.3) is 0 Å². The van der Waals surface area contributed by atoms with Gasteiger partial charge in [-0.1, -0.05) is 0 Å². The lowest BCUT2D eigenvalue weighted by atomic mass is 9.87. The Labute approximate surface area is 164 Å². The van der Waals surface area contributed by atoms with E-state index in [4.69, 9.17) is 0 Å². The lowest BCUT2D eigenvalue weighted by molar-refractivity contribution is -0.137. The molecule has 1 fully saturated rings. The Bertz CT molecular complexity index is 975. The summed E-state index contributed by atoms with van der Waals surface area (Å²) in [6.45, 7) is 3.91. The molecular formula is C17H20F3N9. The first-order valence-electron chi connectivity index (χ1n) is 9.20. The third-order valence-corrected chi connectivity index (χ3v) is 4.97. The van der Waals surface area contributed by atoms with Crippen molar-refractivity contribution in [2.24, 2.45) is 0 Å². The summed E-state index contributed by atoms with van der Waals surface area (Å²) in [6.07, 6.45) is 2.86. The van der Waals surface area contributed by atoms with Gasteiger partial charge < -0.3 is 10.6 Å². The molecule has 29 heavy (non-hydrogen) atoms. The molecule has 0 amide bonds. The number of hydrogen-bond acceptors (Lipinski definition) is 7. The van der Waals surface area contributed by atoms with E-state index in [0.29, 0.717) is 18.3 Å². The van der Waals surface area contributed by atoms with Crippen LogP contribution < -0.4 is 10.6 Å². The van der Waals surface area contributed by atoms with Crippen molar-refractivity contribution in [1.82, 2.24) is 34.5 Å². The van der Waals surface area contributed by atoms with E-state index >= 15 is 0 Å². The van der Waals surface area contributed by atoms with Gasteiger partial charge in [0, 0.05) is 12.7 Å². The number of rotatable bonds is 6. The fourth-order valence-corrected chi connectivity index (χ4v) is 3.37. The standard InChI is InChI=1S/C17H20F3N9/c1-3-22-15-13(17(18,19)20)6-23-16(27-15)26-14-7-24-29(10(14)2)12-4-11(5-12)28-9-21-8-25-28/h6-9,11-12H,3-5H2,1-2H3,(H2,22,23,26,27). The van der Waals surface area contributed by atoms with Gasteiger partial charge in [-0.25, -0.2) is 14.6 Å². The Morgan fingerprint density at radius 2 is 1.97 bits per heavy atom. The minimum atomic E-state index is -4.53. The number of alkyl halides is 3. The van der Waals surface area contributed by atoms with Crippen molar-refractivity contribution >= 4 is 17.5 Å². The maximum Gasteiger partial charge on any atom is 0.421 e. The fraction of sp³-hybridized carbons (Fsp3) is 0.471. The van der Waals surface area contributed by atoms with E-state index in [1.165, 1.54) is 6.33 Å². The predicted molar refractivity (Wildman–Crippen MR) is 98.8 cm³/mol. The van der Waals surface area contributed by atoms with Crippen LogP contribution in [0.3, 0.4) is 0 Å². The summed E-state index contributed by atoms with van der Waals surface area (Å²) >= 11 is 0. The quantitative estimate of drug-likeness (QED) is 0.647. The Balaban J connectivity index is 1.49. The van der Waals surface area contributed by atoms with Crippen molar-refractivity contribution < 1.29 is 13.2 Å². The topological polar surface area (TPSA) is 98.4 Å². The van der Waals surface area contributed by atoms with E-state index in [1.54, 1.807) is 19.4 Å². The molecule has 4 rings (SSSR count). The molecule has 3 aromatic rings. The molecule has 154 valence electrons. The van der Waals surface area contributed by atoms with E-state index in [1.807, 2.05) is 16.3 Å². The lowest BCUT2D eigenvalue weighted by Gasteiger charge is -2.35. The Morgan fingerprint density at radius 3 is 2.62 bits per heavy atom. The molecule has 0 aliphatic heterocycles. The molecule has 9 nitrogen and oxygen atoms in total.